The van der Waals surface area contributed by atoms with Gasteiger partial charge in [-0.2, -0.15) is 0 Å². The SMILES string of the molecule is O=S(=O)(NCC(OCCO)c1cccs1)c1ccccc1F. The van der Waals surface area contributed by atoms with Crippen molar-refractivity contribution in [2.45, 2.75) is 11.0 Å². The zero-order valence-corrected chi connectivity index (χ0v) is 13.2. The van der Waals surface area contributed by atoms with Crippen LogP contribution in [-0.2, 0) is 14.8 Å². The molecule has 1 atom stereocenters. The number of sulfonamides is 1. The summed E-state index contributed by atoms with van der Waals surface area (Å²) in [5.74, 6) is -0.807. The lowest BCUT2D eigenvalue weighted by atomic mass is 10.3. The van der Waals surface area contributed by atoms with Gasteiger partial charge in [0.25, 0.3) is 0 Å². The smallest absolute Gasteiger partial charge is 0.243 e. The minimum atomic E-state index is -3.96. The average Bonchev–Trinajstić information content (AvgIpc) is 3.02. The Morgan fingerprint density at radius 2 is 2.05 bits per heavy atom. The van der Waals surface area contributed by atoms with Crippen molar-refractivity contribution < 1.29 is 22.7 Å². The Balaban J connectivity index is 2.10. The summed E-state index contributed by atoms with van der Waals surface area (Å²) in [4.78, 5) is 0.423. The molecule has 0 radical (unpaired) electrons. The Labute approximate surface area is 132 Å². The Morgan fingerprint density at radius 1 is 1.27 bits per heavy atom. The summed E-state index contributed by atoms with van der Waals surface area (Å²) in [7, 11) is -3.96. The molecule has 1 heterocycles. The predicted octanol–water partition coefficient (Wildman–Crippen LogP) is 1.92. The summed E-state index contributed by atoms with van der Waals surface area (Å²) in [6.07, 6.45) is -0.534. The lowest BCUT2D eigenvalue weighted by Gasteiger charge is -2.17. The molecule has 1 aromatic carbocycles. The second-order valence-corrected chi connectivity index (χ2v) is 7.10. The minimum absolute atomic E-state index is 0.0445. The van der Waals surface area contributed by atoms with E-state index in [0.29, 0.717) is 0 Å². The molecule has 0 aliphatic heterocycles. The van der Waals surface area contributed by atoms with Gasteiger partial charge in [0, 0.05) is 11.4 Å². The van der Waals surface area contributed by atoms with Gasteiger partial charge in [0.05, 0.1) is 13.2 Å². The van der Waals surface area contributed by atoms with Crippen molar-refractivity contribution in [2.24, 2.45) is 0 Å². The third-order valence-electron chi connectivity index (χ3n) is 2.86. The lowest BCUT2D eigenvalue weighted by molar-refractivity contribution is 0.0328. The number of hydrogen-bond acceptors (Lipinski definition) is 5. The number of aliphatic hydroxyl groups is 1. The first-order valence-electron chi connectivity index (χ1n) is 6.54. The molecule has 0 spiro atoms. The molecule has 120 valence electrons. The van der Waals surface area contributed by atoms with Crippen molar-refractivity contribution in [1.82, 2.24) is 4.72 Å². The largest absolute Gasteiger partial charge is 0.394 e. The van der Waals surface area contributed by atoms with Crippen molar-refractivity contribution in [3.8, 4) is 0 Å². The normalized spacial score (nSPS) is 13.2. The van der Waals surface area contributed by atoms with Gasteiger partial charge in [0.15, 0.2) is 0 Å². The zero-order chi connectivity index (χ0) is 16.0. The predicted molar refractivity (Wildman–Crippen MR) is 81.7 cm³/mol. The number of thiophene rings is 1. The molecular weight excluding hydrogens is 329 g/mol. The van der Waals surface area contributed by atoms with Gasteiger partial charge in [-0.1, -0.05) is 18.2 Å². The third kappa shape index (κ3) is 4.34. The maximum Gasteiger partial charge on any atom is 0.243 e. The van der Waals surface area contributed by atoms with E-state index in [1.54, 1.807) is 0 Å². The minimum Gasteiger partial charge on any atom is -0.394 e. The topological polar surface area (TPSA) is 75.6 Å². The molecule has 1 unspecified atom stereocenters. The first-order chi connectivity index (χ1) is 10.5. The van der Waals surface area contributed by atoms with Gasteiger partial charge in [-0.05, 0) is 23.6 Å². The molecule has 0 amide bonds. The second kappa shape index (κ2) is 7.80. The van der Waals surface area contributed by atoms with Crippen molar-refractivity contribution >= 4 is 21.4 Å². The summed E-state index contributed by atoms with van der Waals surface area (Å²) >= 11 is 1.42. The number of aliphatic hydroxyl groups excluding tert-OH is 1. The number of nitrogens with one attached hydrogen (secondary N) is 1. The molecule has 1 aromatic heterocycles. The Hall–Kier alpha value is -1.32. The van der Waals surface area contributed by atoms with Crippen LogP contribution in [0.5, 0.6) is 0 Å². The molecule has 0 fully saturated rings. The van der Waals surface area contributed by atoms with E-state index in [9.17, 15) is 12.8 Å². The monoisotopic (exact) mass is 345 g/mol. The summed E-state index contributed by atoms with van der Waals surface area (Å²) in [5, 5.41) is 10.7. The summed E-state index contributed by atoms with van der Waals surface area (Å²) in [5.41, 5.74) is 0. The van der Waals surface area contributed by atoms with Gasteiger partial charge in [-0.3, -0.25) is 0 Å². The van der Waals surface area contributed by atoms with Crippen LogP contribution in [0.2, 0.25) is 0 Å². The van der Waals surface area contributed by atoms with E-state index in [-0.39, 0.29) is 19.8 Å². The van der Waals surface area contributed by atoms with Crippen LogP contribution in [0.25, 0.3) is 0 Å². The van der Waals surface area contributed by atoms with Crippen LogP contribution in [-0.4, -0.2) is 33.3 Å². The first-order valence-corrected chi connectivity index (χ1v) is 8.91. The average molecular weight is 345 g/mol. The Morgan fingerprint density at radius 3 is 2.68 bits per heavy atom. The summed E-state index contributed by atoms with van der Waals surface area (Å²) in [6, 6.07) is 8.80. The summed E-state index contributed by atoms with van der Waals surface area (Å²) in [6.45, 7) is -0.122. The molecule has 2 rings (SSSR count). The van der Waals surface area contributed by atoms with E-state index in [2.05, 4.69) is 4.72 Å². The van der Waals surface area contributed by atoms with Crippen molar-refractivity contribution in [3.63, 3.8) is 0 Å². The summed E-state index contributed by atoms with van der Waals surface area (Å²) < 4.78 is 45.7. The van der Waals surface area contributed by atoms with Crippen LogP contribution in [0, 0.1) is 5.82 Å². The van der Waals surface area contributed by atoms with Crippen molar-refractivity contribution in [2.75, 3.05) is 19.8 Å². The molecule has 22 heavy (non-hydrogen) atoms. The van der Waals surface area contributed by atoms with Crippen LogP contribution in [0.1, 0.15) is 11.0 Å². The molecular formula is C14H16FNO4S2. The van der Waals surface area contributed by atoms with Gasteiger partial charge in [0.2, 0.25) is 10.0 Å². The van der Waals surface area contributed by atoms with Crippen LogP contribution < -0.4 is 4.72 Å². The van der Waals surface area contributed by atoms with E-state index in [0.717, 1.165) is 10.9 Å². The standard InChI is InChI=1S/C14H16FNO4S2/c15-11-4-1-2-6-14(11)22(18,19)16-10-12(20-8-7-17)13-5-3-9-21-13/h1-6,9,12,16-17H,7-8,10H2. The third-order valence-corrected chi connectivity index (χ3v) is 5.28. The second-order valence-electron chi connectivity index (χ2n) is 4.38. The number of hydrogen-bond donors (Lipinski definition) is 2. The maximum atomic E-state index is 13.6. The van der Waals surface area contributed by atoms with Gasteiger partial charge < -0.3 is 9.84 Å². The molecule has 0 aliphatic carbocycles. The van der Waals surface area contributed by atoms with Crippen LogP contribution in [0.3, 0.4) is 0 Å². The highest BCUT2D eigenvalue weighted by molar-refractivity contribution is 7.89. The fourth-order valence-electron chi connectivity index (χ4n) is 1.84. The zero-order valence-electron chi connectivity index (χ0n) is 11.6. The number of halogens is 1. The van der Waals surface area contributed by atoms with E-state index in [1.807, 2.05) is 17.5 Å². The Kier molecular flexibility index (Phi) is 6.04. The molecule has 2 N–H and O–H groups in total. The van der Waals surface area contributed by atoms with Crippen LogP contribution >= 0.6 is 11.3 Å². The number of ether oxygens (including phenoxy) is 1. The molecule has 0 bridgehead atoms. The van der Waals surface area contributed by atoms with E-state index in [4.69, 9.17) is 9.84 Å². The van der Waals surface area contributed by atoms with Crippen LogP contribution in [0.4, 0.5) is 4.39 Å². The van der Waals surface area contributed by atoms with Crippen LogP contribution in [0.15, 0.2) is 46.7 Å². The number of benzene rings is 1. The molecule has 0 saturated heterocycles. The van der Waals surface area contributed by atoms with Crippen molar-refractivity contribution in [1.29, 1.82) is 0 Å². The molecule has 2 aromatic rings. The maximum absolute atomic E-state index is 13.6. The van der Waals surface area contributed by atoms with E-state index >= 15 is 0 Å². The van der Waals surface area contributed by atoms with E-state index < -0.39 is 26.8 Å². The Bertz CT molecular complexity index is 689. The number of rotatable bonds is 8. The van der Waals surface area contributed by atoms with Gasteiger partial charge in [-0.15, -0.1) is 11.3 Å². The van der Waals surface area contributed by atoms with E-state index in [1.165, 1.54) is 29.5 Å². The highest BCUT2D eigenvalue weighted by atomic mass is 32.2. The van der Waals surface area contributed by atoms with Gasteiger partial charge in [-0.25, -0.2) is 17.5 Å². The quantitative estimate of drug-likeness (QED) is 0.766. The highest BCUT2D eigenvalue weighted by Gasteiger charge is 2.21. The lowest BCUT2D eigenvalue weighted by Crippen LogP contribution is -2.30. The van der Waals surface area contributed by atoms with Gasteiger partial charge >= 0.3 is 0 Å². The molecule has 5 nitrogen and oxygen atoms in total. The van der Waals surface area contributed by atoms with Crippen molar-refractivity contribution in [3.05, 3.63) is 52.5 Å². The molecule has 0 saturated carbocycles. The molecule has 8 heteroatoms. The fourth-order valence-corrected chi connectivity index (χ4v) is 3.72. The molecule has 0 aliphatic rings. The fraction of sp³-hybridized carbons (Fsp3) is 0.286. The highest BCUT2D eigenvalue weighted by Crippen LogP contribution is 2.23. The first kappa shape index (κ1) is 17.0. The van der Waals surface area contributed by atoms with Gasteiger partial charge in [0.1, 0.15) is 16.8 Å².